The fourth-order valence-electron chi connectivity index (χ4n) is 2.52. The Hall–Kier alpha value is -3.00. The van der Waals surface area contributed by atoms with Crippen molar-refractivity contribution in [2.45, 2.75) is 38.1 Å². The summed E-state index contributed by atoms with van der Waals surface area (Å²) in [6.45, 7) is 7.38. The van der Waals surface area contributed by atoms with E-state index in [1.165, 1.54) is 24.2 Å². The zero-order chi connectivity index (χ0) is 20.3. The summed E-state index contributed by atoms with van der Waals surface area (Å²) >= 11 is 1.28. The third kappa shape index (κ3) is 4.45. The number of nitrogens with zero attached hydrogens (tertiary/aromatic N) is 4. The van der Waals surface area contributed by atoms with Gasteiger partial charge in [-0.05, 0) is 85.6 Å². The van der Waals surface area contributed by atoms with Gasteiger partial charge in [0.2, 0.25) is 11.1 Å². The van der Waals surface area contributed by atoms with E-state index in [9.17, 15) is 9.59 Å². The molecule has 1 heterocycles. The van der Waals surface area contributed by atoms with Crippen molar-refractivity contribution in [2.75, 3.05) is 5.32 Å². The summed E-state index contributed by atoms with van der Waals surface area (Å²) in [7, 11) is 0. The fourth-order valence-corrected chi connectivity index (χ4v) is 3.32. The zero-order valence-corrected chi connectivity index (χ0v) is 16.9. The summed E-state index contributed by atoms with van der Waals surface area (Å²) in [4.78, 5) is 23.9. The first-order valence-electron chi connectivity index (χ1n) is 8.79. The summed E-state index contributed by atoms with van der Waals surface area (Å²) in [6, 6.07) is 12.8. The molecule has 1 N–H and O–H groups in total. The molecular weight excluding hydrogens is 374 g/mol. The number of nitrogens with one attached hydrogen (secondary N) is 1. The lowest BCUT2D eigenvalue weighted by atomic mass is 10.1. The van der Waals surface area contributed by atoms with Crippen LogP contribution in [-0.2, 0) is 4.79 Å². The van der Waals surface area contributed by atoms with E-state index in [1.807, 2.05) is 32.0 Å². The molecule has 0 aliphatic heterocycles. The summed E-state index contributed by atoms with van der Waals surface area (Å²) in [5.41, 5.74) is 4.42. The third-order valence-corrected chi connectivity index (χ3v) is 5.42. The molecule has 0 fully saturated rings. The average molecular weight is 395 g/mol. The minimum atomic E-state index is -0.413. The molecule has 0 spiro atoms. The molecule has 0 bridgehead atoms. The molecule has 2 aromatic carbocycles. The monoisotopic (exact) mass is 395 g/mol. The maximum Gasteiger partial charge on any atom is 0.237 e. The number of rotatable bonds is 6. The van der Waals surface area contributed by atoms with Gasteiger partial charge in [0.1, 0.15) is 0 Å². The Morgan fingerprint density at radius 1 is 1.07 bits per heavy atom. The first kappa shape index (κ1) is 19.8. The number of hydrogen-bond acceptors (Lipinski definition) is 6. The van der Waals surface area contributed by atoms with Crippen LogP contribution in [0.25, 0.3) is 5.69 Å². The lowest BCUT2D eigenvalue weighted by Crippen LogP contribution is -2.23. The molecule has 0 aliphatic rings. The van der Waals surface area contributed by atoms with Crippen LogP contribution in [0, 0.1) is 13.8 Å². The summed E-state index contributed by atoms with van der Waals surface area (Å²) in [6.07, 6.45) is 0. The number of thioether (sulfide) groups is 1. The van der Waals surface area contributed by atoms with Gasteiger partial charge < -0.3 is 5.32 Å². The minimum absolute atomic E-state index is 0.0139. The third-order valence-electron chi connectivity index (χ3n) is 4.39. The van der Waals surface area contributed by atoms with Crippen molar-refractivity contribution >= 4 is 29.1 Å². The van der Waals surface area contributed by atoms with Gasteiger partial charge in [-0.3, -0.25) is 9.59 Å². The fraction of sp³-hybridized carbons (Fsp3) is 0.250. The molecular formula is C20H21N5O2S. The smallest absolute Gasteiger partial charge is 0.237 e. The van der Waals surface area contributed by atoms with E-state index < -0.39 is 5.25 Å². The molecule has 3 aromatic rings. The predicted octanol–water partition coefficient (Wildman–Crippen LogP) is 3.60. The number of benzene rings is 2. The number of anilines is 1. The van der Waals surface area contributed by atoms with Crippen LogP contribution >= 0.6 is 11.8 Å². The van der Waals surface area contributed by atoms with Gasteiger partial charge in [0.05, 0.1) is 10.9 Å². The largest absolute Gasteiger partial charge is 0.325 e. The molecule has 8 heteroatoms. The molecule has 1 aromatic heterocycles. The van der Waals surface area contributed by atoms with E-state index in [4.69, 9.17) is 0 Å². The van der Waals surface area contributed by atoms with Crippen LogP contribution in [0.5, 0.6) is 0 Å². The van der Waals surface area contributed by atoms with Crippen LogP contribution < -0.4 is 5.32 Å². The van der Waals surface area contributed by atoms with Crippen molar-refractivity contribution in [3.63, 3.8) is 0 Å². The van der Waals surface area contributed by atoms with Crippen molar-refractivity contribution in [2.24, 2.45) is 0 Å². The lowest BCUT2D eigenvalue weighted by Gasteiger charge is -2.12. The Labute approximate surface area is 167 Å². The average Bonchev–Trinajstić information content (AvgIpc) is 3.12. The number of aryl methyl sites for hydroxylation is 2. The molecule has 1 atom stereocenters. The van der Waals surface area contributed by atoms with Gasteiger partial charge in [-0.1, -0.05) is 17.8 Å². The second-order valence-corrected chi connectivity index (χ2v) is 7.83. The van der Waals surface area contributed by atoms with Crippen LogP contribution in [0.2, 0.25) is 0 Å². The standard InChI is InChI=1S/C20H21N5O2S/c1-12-5-10-18(11-13(12)2)25-20(22-23-24-25)28-15(4)19(27)21-17-8-6-16(7-9-17)14(3)26/h5-11,15H,1-4H3,(H,21,27). The van der Waals surface area contributed by atoms with Crippen LogP contribution in [0.15, 0.2) is 47.6 Å². The summed E-state index contributed by atoms with van der Waals surface area (Å²) in [5.74, 6) is -0.185. The highest BCUT2D eigenvalue weighted by Gasteiger charge is 2.19. The molecule has 0 saturated carbocycles. The van der Waals surface area contributed by atoms with Gasteiger partial charge >= 0.3 is 0 Å². The molecule has 0 aliphatic carbocycles. The van der Waals surface area contributed by atoms with E-state index in [2.05, 4.69) is 20.8 Å². The molecule has 0 saturated heterocycles. The van der Waals surface area contributed by atoms with E-state index in [1.54, 1.807) is 35.9 Å². The normalized spacial score (nSPS) is 11.9. The highest BCUT2D eigenvalue weighted by atomic mass is 32.2. The molecule has 1 amide bonds. The minimum Gasteiger partial charge on any atom is -0.325 e. The maximum atomic E-state index is 12.5. The van der Waals surface area contributed by atoms with E-state index in [0.29, 0.717) is 16.4 Å². The Balaban J connectivity index is 1.70. The zero-order valence-electron chi connectivity index (χ0n) is 16.1. The number of carbonyl (C=O) groups is 2. The second-order valence-electron chi connectivity index (χ2n) is 6.52. The Morgan fingerprint density at radius 3 is 2.43 bits per heavy atom. The number of aromatic nitrogens is 4. The van der Waals surface area contributed by atoms with Crippen LogP contribution in [0.3, 0.4) is 0 Å². The van der Waals surface area contributed by atoms with E-state index in [-0.39, 0.29) is 11.7 Å². The molecule has 0 radical (unpaired) electrons. The Morgan fingerprint density at radius 2 is 1.79 bits per heavy atom. The topological polar surface area (TPSA) is 89.8 Å². The van der Waals surface area contributed by atoms with Gasteiger partial charge in [-0.2, -0.15) is 4.68 Å². The quantitative estimate of drug-likeness (QED) is 0.507. The van der Waals surface area contributed by atoms with Crippen molar-refractivity contribution in [1.29, 1.82) is 0 Å². The Kier molecular flexibility index (Phi) is 5.89. The van der Waals surface area contributed by atoms with Crippen LogP contribution in [-0.4, -0.2) is 37.1 Å². The van der Waals surface area contributed by atoms with E-state index >= 15 is 0 Å². The Bertz CT molecular complexity index is 1010. The number of carbonyl (C=O) groups excluding carboxylic acids is 2. The first-order valence-corrected chi connectivity index (χ1v) is 9.67. The molecule has 1 unspecified atom stereocenters. The summed E-state index contributed by atoms with van der Waals surface area (Å²) in [5, 5.41) is 14.8. The molecule has 3 rings (SSSR count). The molecule has 144 valence electrons. The number of Topliss-reactive ketones (excluding diaryl/α,β-unsaturated/α-hetero) is 1. The van der Waals surface area contributed by atoms with E-state index in [0.717, 1.165) is 11.3 Å². The van der Waals surface area contributed by atoms with Crippen molar-refractivity contribution in [3.05, 3.63) is 59.2 Å². The van der Waals surface area contributed by atoms with Crippen molar-refractivity contribution in [1.82, 2.24) is 20.2 Å². The lowest BCUT2D eigenvalue weighted by molar-refractivity contribution is -0.115. The second kappa shape index (κ2) is 8.35. The predicted molar refractivity (Wildman–Crippen MR) is 109 cm³/mol. The van der Waals surface area contributed by atoms with Crippen LogP contribution in [0.1, 0.15) is 35.3 Å². The molecule has 7 nitrogen and oxygen atoms in total. The van der Waals surface area contributed by atoms with Crippen molar-refractivity contribution < 1.29 is 9.59 Å². The SMILES string of the molecule is CC(=O)c1ccc(NC(=O)C(C)Sc2nnnn2-c2ccc(C)c(C)c2)cc1. The number of hydrogen-bond donors (Lipinski definition) is 1. The van der Waals surface area contributed by atoms with Crippen LogP contribution in [0.4, 0.5) is 5.69 Å². The van der Waals surface area contributed by atoms with Gasteiger partial charge in [-0.25, -0.2) is 0 Å². The van der Waals surface area contributed by atoms with Gasteiger partial charge in [0, 0.05) is 11.3 Å². The van der Waals surface area contributed by atoms with Gasteiger partial charge in [-0.15, -0.1) is 5.10 Å². The van der Waals surface area contributed by atoms with Gasteiger partial charge in [0.15, 0.2) is 5.78 Å². The number of ketones is 1. The molecule has 28 heavy (non-hydrogen) atoms. The number of tetrazole rings is 1. The highest BCUT2D eigenvalue weighted by molar-refractivity contribution is 8.00. The highest BCUT2D eigenvalue weighted by Crippen LogP contribution is 2.25. The first-order chi connectivity index (χ1) is 13.3. The summed E-state index contributed by atoms with van der Waals surface area (Å²) < 4.78 is 1.63. The van der Waals surface area contributed by atoms with Crippen molar-refractivity contribution in [3.8, 4) is 5.69 Å². The maximum absolute atomic E-state index is 12.5. The van der Waals surface area contributed by atoms with Gasteiger partial charge in [0.25, 0.3) is 0 Å². The number of amides is 1.